The Morgan fingerprint density at radius 3 is 1.67 bits per heavy atom. The molecule has 0 aliphatic heterocycles. The molecule has 0 amide bonds. The largest absolute Gasteiger partial charge is 0.469 e. The quantitative estimate of drug-likeness (QED) is 0.652. The molecule has 21 heavy (non-hydrogen) atoms. The molecule has 0 saturated heterocycles. The van der Waals surface area contributed by atoms with Crippen molar-refractivity contribution in [3.05, 3.63) is 60.7 Å². The minimum Gasteiger partial charge on any atom is -0.303 e. The van der Waals surface area contributed by atoms with E-state index in [2.05, 4.69) is 6.55 Å². The van der Waals surface area contributed by atoms with Crippen LogP contribution in [0.5, 0.6) is 0 Å². The van der Waals surface area contributed by atoms with Gasteiger partial charge in [-0.25, -0.2) is 4.57 Å². The fraction of sp³-hybridized carbons (Fsp3) is 0.200. The first-order valence-electron chi connectivity index (χ1n) is 6.69. The van der Waals surface area contributed by atoms with Crippen LogP contribution in [0, 0.1) is 0 Å². The van der Waals surface area contributed by atoms with Crippen molar-refractivity contribution in [3.63, 3.8) is 0 Å². The minimum atomic E-state index is -4.52. The molecule has 2 aromatic rings. The molecule has 0 saturated carbocycles. The van der Waals surface area contributed by atoms with Gasteiger partial charge in [0.1, 0.15) is 8.07 Å². The minimum absolute atomic E-state index is 0.553. The van der Waals surface area contributed by atoms with Crippen molar-refractivity contribution in [2.24, 2.45) is 0 Å². The standard InChI is InChI=1S/C15H19O4PSi/c1-13(19-20(16,17)18)21(2,14-9-5-3-6-10-14)15-11-7-4-8-12-15/h3-13H,1-2H3,(H2,16,17,18). The van der Waals surface area contributed by atoms with E-state index in [9.17, 15) is 4.57 Å². The van der Waals surface area contributed by atoms with E-state index >= 15 is 0 Å². The van der Waals surface area contributed by atoms with Crippen molar-refractivity contribution in [1.29, 1.82) is 0 Å². The predicted molar refractivity (Wildman–Crippen MR) is 86.4 cm³/mol. The molecule has 1 atom stereocenters. The van der Waals surface area contributed by atoms with Crippen LogP contribution in [0.4, 0.5) is 0 Å². The first-order valence-corrected chi connectivity index (χ1v) is 10.8. The summed E-state index contributed by atoms with van der Waals surface area (Å²) in [5.41, 5.74) is -0.553. The lowest BCUT2D eigenvalue weighted by Gasteiger charge is -2.34. The van der Waals surface area contributed by atoms with Crippen molar-refractivity contribution < 1.29 is 18.9 Å². The molecule has 2 aromatic carbocycles. The third-order valence-corrected chi connectivity index (χ3v) is 9.45. The van der Waals surface area contributed by atoms with Gasteiger partial charge in [0.15, 0.2) is 0 Å². The Kier molecular flexibility index (Phi) is 4.81. The molecule has 2 rings (SSSR count). The zero-order valence-corrected chi connectivity index (χ0v) is 13.9. The SMILES string of the molecule is CC(OP(=O)(O)O)[Si](C)(c1ccccc1)c1ccccc1. The molecule has 1 unspecified atom stereocenters. The fourth-order valence-electron chi connectivity index (χ4n) is 2.52. The molecule has 0 heterocycles. The molecular weight excluding hydrogens is 303 g/mol. The van der Waals surface area contributed by atoms with Crippen LogP contribution in [0.15, 0.2) is 60.7 Å². The second-order valence-corrected chi connectivity index (χ2v) is 10.7. The highest BCUT2D eigenvalue weighted by atomic mass is 31.2. The highest BCUT2D eigenvalue weighted by molar-refractivity contribution is 7.46. The summed E-state index contributed by atoms with van der Waals surface area (Å²) in [6.45, 7) is 3.81. The zero-order valence-electron chi connectivity index (χ0n) is 12.0. The van der Waals surface area contributed by atoms with Crippen LogP contribution >= 0.6 is 7.82 Å². The van der Waals surface area contributed by atoms with Gasteiger partial charge in [-0.3, -0.25) is 4.52 Å². The van der Waals surface area contributed by atoms with Gasteiger partial charge in [0.25, 0.3) is 0 Å². The molecule has 2 N–H and O–H groups in total. The van der Waals surface area contributed by atoms with E-state index in [-0.39, 0.29) is 0 Å². The van der Waals surface area contributed by atoms with E-state index in [0.29, 0.717) is 0 Å². The summed E-state index contributed by atoms with van der Waals surface area (Å²) in [7, 11) is -6.95. The van der Waals surface area contributed by atoms with Gasteiger partial charge in [-0.05, 0) is 6.92 Å². The summed E-state index contributed by atoms with van der Waals surface area (Å²) in [6.07, 6.45) is 0. The Morgan fingerprint density at radius 1 is 0.952 bits per heavy atom. The van der Waals surface area contributed by atoms with Gasteiger partial charge in [0, 0.05) is 0 Å². The van der Waals surface area contributed by atoms with Gasteiger partial charge in [-0.2, -0.15) is 0 Å². The van der Waals surface area contributed by atoms with Gasteiger partial charge in [-0.1, -0.05) is 77.6 Å². The van der Waals surface area contributed by atoms with Gasteiger partial charge >= 0.3 is 7.82 Å². The first kappa shape index (κ1) is 16.1. The smallest absolute Gasteiger partial charge is 0.303 e. The maximum atomic E-state index is 11.2. The van der Waals surface area contributed by atoms with E-state index in [0.717, 1.165) is 10.4 Å². The Morgan fingerprint density at radius 2 is 1.33 bits per heavy atom. The number of hydrogen-bond donors (Lipinski definition) is 2. The van der Waals surface area contributed by atoms with Crippen molar-refractivity contribution in [2.75, 3.05) is 0 Å². The van der Waals surface area contributed by atoms with Crippen LogP contribution < -0.4 is 10.4 Å². The van der Waals surface area contributed by atoms with Crippen LogP contribution in [0.1, 0.15) is 6.92 Å². The summed E-state index contributed by atoms with van der Waals surface area (Å²) < 4.78 is 16.3. The number of phosphoric ester groups is 1. The lowest BCUT2D eigenvalue weighted by atomic mass is 10.4. The van der Waals surface area contributed by atoms with Crippen molar-refractivity contribution in [3.8, 4) is 0 Å². The Balaban J connectivity index is 2.52. The van der Waals surface area contributed by atoms with Gasteiger partial charge in [0.2, 0.25) is 0 Å². The fourth-order valence-corrected chi connectivity index (χ4v) is 7.23. The Hall–Kier alpha value is -1.23. The maximum Gasteiger partial charge on any atom is 0.469 e. The molecule has 112 valence electrons. The lowest BCUT2D eigenvalue weighted by molar-refractivity contribution is 0.183. The predicted octanol–water partition coefficient (Wildman–Crippen LogP) is 1.92. The summed E-state index contributed by atoms with van der Waals surface area (Å²) in [5.74, 6) is 0. The van der Waals surface area contributed by atoms with Gasteiger partial charge in [-0.15, -0.1) is 0 Å². The lowest BCUT2D eigenvalue weighted by Crippen LogP contribution is -2.63. The number of hydrogen-bond acceptors (Lipinski definition) is 2. The molecular formula is C15H19O4PSi. The van der Waals surface area contributed by atoms with E-state index in [1.54, 1.807) is 6.92 Å². The molecule has 0 fully saturated rings. The average Bonchev–Trinajstić information content (AvgIpc) is 2.46. The highest BCUT2D eigenvalue weighted by Crippen LogP contribution is 2.39. The van der Waals surface area contributed by atoms with E-state index in [4.69, 9.17) is 14.3 Å². The molecule has 4 nitrogen and oxygen atoms in total. The summed E-state index contributed by atoms with van der Waals surface area (Å²) >= 11 is 0. The third-order valence-electron chi connectivity index (χ3n) is 3.86. The molecule has 0 bridgehead atoms. The van der Waals surface area contributed by atoms with Crippen molar-refractivity contribution in [2.45, 2.75) is 19.2 Å². The van der Waals surface area contributed by atoms with Gasteiger partial charge < -0.3 is 9.79 Å². The topological polar surface area (TPSA) is 66.8 Å². The number of phosphoric acid groups is 1. The maximum absolute atomic E-state index is 11.2. The van der Waals surface area contributed by atoms with Crippen molar-refractivity contribution in [1.82, 2.24) is 0 Å². The van der Waals surface area contributed by atoms with Gasteiger partial charge in [0.05, 0.1) is 5.73 Å². The Labute approximate surface area is 125 Å². The van der Waals surface area contributed by atoms with E-state index in [1.165, 1.54) is 0 Å². The van der Waals surface area contributed by atoms with Crippen molar-refractivity contribution >= 4 is 26.3 Å². The summed E-state index contributed by atoms with van der Waals surface area (Å²) in [6, 6.07) is 19.6. The second kappa shape index (κ2) is 6.26. The van der Waals surface area contributed by atoms with Crippen LogP contribution in [-0.4, -0.2) is 23.6 Å². The average molecular weight is 322 g/mol. The molecule has 0 radical (unpaired) electrons. The molecule has 0 aromatic heterocycles. The van der Waals surface area contributed by atoms with Crippen LogP contribution in [0.25, 0.3) is 0 Å². The Bertz CT molecular complexity index is 587. The number of rotatable bonds is 5. The van der Waals surface area contributed by atoms with E-state index in [1.807, 2.05) is 60.7 Å². The molecule has 0 spiro atoms. The normalized spacial score (nSPS) is 13.9. The van der Waals surface area contributed by atoms with Crippen LogP contribution in [0.3, 0.4) is 0 Å². The highest BCUT2D eigenvalue weighted by Gasteiger charge is 2.41. The van der Waals surface area contributed by atoms with Crippen LogP contribution in [0.2, 0.25) is 6.55 Å². The number of benzene rings is 2. The summed E-state index contributed by atoms with van der Waals surface area (Å²) in [4.78, 5) is 18.3. The molecule has 0 aliphatic carbocycles. The zero-order chi connectivity index (χ0) is 15.5. The molecule has 0 aliphatic rings. The first-order chi connectivity index (χ1) is 9.84. The second-order valence-electron chi connectivity index (χ2n) is 5.17. The monoisotopic (exact) mass is 322 g/mol. The summed E-state index contributed by atoms with van der Waals surface area (Å²) in [5, 5.41) is 2.16. The third kappa shape index (κ3) is 3.70. The van der Waals surface area contributed by atoms with Crippen LogP contribution in [-0.2, 0) is 9.09 Å². The van der Waals surface area contributed by atoms with E-state index < -0.39 is 21.6 Å². The molecule has 6 heteroatoms.